The van der Waals surface area contributed by atoms with Gasteiger partial charge in [-0.05, 0) is 37.1 Å². The Labute approximate surface area is 164 Å². The van der Waals surface area contributed by atoms with Crippen molar-refractivity contribution in [1.82, 2.24) is 5.32 Å². The van der Waals surface area contributed by atoms with Crippen LogP contribution in [0.15, 0.2) is 48.5 Å². The average molecular weight is 383 g/mol. The molecule has 0 radical (unpaired) electrons. The standard InChI is InChI=1S/C22H25NO5/c1-14(2)20(23-21(25)17-9-5-7-15(3)11-17)22(26)28-13-19(24)16-8-6-10-18(12-16)27-4/h5-12,14,20H,13H2,1-4H3,(H,23,25)/t20-/m0/s1. The lowest BCUT2D eigenvalue weighted by atomic mass is 10.0. The van der Waals surface area contributed by atoms with Crippen LogP contribution in [0.1, 0.15) is 40.1 Å². The number of benzene rings is 2. The normalized spacial score (nSPS) is 11.6. The van der Waals surface area contributed by atoms with Crippen molar-refractivity contribution >= 4 is 17.7 Å². The molecule has 6 heteroatoms. The molecule has 1 amide bonds. The summed E-state index contributed by atoms with van der Waals surface area (Å²) in [6, 6.07) is 12.8. The second-order valence-electron chi connectivity index (χ2n) is 6.83. The van der Waals surface area contributed by atoms with Crippen LogP contribution in [0, 0.1) is 12.8 Å². The van der Waals surface area contributed by atoms with E-state index in [1.165, 1.54) is 7.11 Å². The van der Waals surface area contributed by atoms with Crippen LogP contribution in [0.2, 0.25) is 0 Å². The highest BCUT2D eigenvalue weighted by Gasteiger charge is 2.27. The van der Waals surface area contributed by atoms with Crippen molar-refractivity contribution in [3.05, 3.63) is 65.2 Å². The van der Waals surface area contributed by atoms with E-state index in [-0.39, 0.29) is 17.6 Å². The monoisotopic (exact) mass is 383 g/mol. The van der Waals surface area contributed by atoms with Gasteiger partial charge >= 0.3 is 5.97 Å². The van der Waals surface area contributed by atoms with E-state index in [2.05, 4.69) is 5.32 Å². The predicted molar refractivity (Wildman–Crippen MR) is 106 cm³/mol. The fraction of sp³-hybridized carbons (Fsp3) is 0.318. The lowest BCUT2D eigenvalue weighted by Gasteiger charge is -2.21. The minimum absolute atomic E-state index is 0.201. The van der Waals surface area contributed by atoms with E-state index < -0.39 is 18.6 Å². The molecular weight excluding hydrogens is 358 g/mol. The minimum atomic E-state index is -0.855. The van der Waals surface area contributed by atoms with Gasteiger partial charge in [0, 0.05) is 11.1 Å². The number of hydrogen-bond acceptors (Lipinski definition) is 5. The quantitative estimate of drug-likeness (QED) is 0.559. The number of hydrogen-bond donors (Lipinski definition) is 1. The van der Waals surface area contributed by atoms with E-state index in [0.717, 1.165) is 5.56 Å². The molecule has 0 aliphatic heterocycles. The van der Waals surface area contributed by atoms with Crippen LogP contribution in [0.4, 0.5) is 0 Å². The number of Topliss-reactive ketones (excluding diaryl/α,β-unsaturated/α-hetero) is 1. The second-order valence-corrected chi connectivity index (χ2v) is 6.83. The van der Waals surface area contributed by atoms with Crippen LogP contribution in [0.25, 0.3) is 0 Å². The van der Waals surface area contributed by atoms with Crippen LogP contribution < -0.4 is 10.1 Å². The summed E-state index contributed by atoms with van der Waals surface area (Å²) in [5.41, 5.74) is 1.79. The van der Waals surface area contributed by atoms with Crippen molar-refractivity contribution in [2.75, 3.05) is 13.7 Å². The smallest absolute Gasteiger partial charge is 0.329 e. The lowest BCUT2D eigenvalue weighted by molar-refractivity contribution is -0.145. The fourth-order valence-corrected chi connectivity index (χ4v) is 2.61. The number of ketones is 1. The Bertz CT molecular complexity index is 860. The summed E-state index contributed by atoms with van der Waals surface area (Å²) in [4.78, 5) is 37.2. The summed E-state index contributed by atoms with van der Waals surface area (Å²) in [5.74, 6) is -1.01. The Morgan fingerprint density at radius 2 is 1.68 bits per heavy atom. The van der Waals surface area contributed by atoms with Crippen LogP contribution in [0.5, 0.6) is 5.75 Å². The fourth-order valence-electron chi connectivity index (χ4n) is 2.61. The highest BCUT2D eigenvalue weighted by Crippen LogP contribution is 2.14. The zero-order valence-electron chi connectivity index (χ0n) is 16.5. The Morgan fingerprint density at radius 1 is 1.00 bits per heavy atom. The molecule has 6 nitrogen and oxygen atoms in total. The van der Waals surface area contributed by atoms with Gasteiger partial charge in [0.2, 0.25) is 0 Å². The van der Waals surface area contributed by atoms with Gasteiger partial charge in [-0.1, -0.05) is 43.7 Å². The van der Waals surface area contributed by atoms with E-state index in [1.807, 2.05) is 13.0 Å². The first-order chi connectivity index (χ1) is 13.3. The largest absolute Gasteiger partial charge is 0.497 e. The molecule has 0 saturated carbocycles. The van der Waals surface area contributed by atoms with Gasteiger partial charge in [0.1, 0.15) is 11.8 Å². The molecule has 1 atom stereocenters. The number of carbonyl (C=O) groups is 3. The molecule has 0 spiro atoms. The van der Waals surface area contributed by atoms with Gasteiger partial charge in [0.15, 0.2) is 12.4 Å². The number of aryl methyl sites for hydroxylation is 1. The number of methoxy groups -OCH3 is 1. The summed E-state index contributed by atoms with van der Waals surface area (Å²) in [6.45, 7) is 5.07. The number of amides is 1. The Morgan fingerprint density at radius 3 is 2.32 bits per heavy atom. The maximum absolute atomic E-state index is 12.5. The van der Waals surface area contributed by atoms with Gasteiger partial charge in [0.05, 0.1) is 7.11 Å². The molecule has 0 aliphatic rings. The van der Waals surface area contributed by atoms with E-state index in [9.17, 15) is 14.4 Å². The predicted octanol–water partition coefficient (Wildman–Crippen LogP) is 3.18. The first kappa shape index (κ1) is 21.2. The highest BCUT2D eigenvalue weighted by atomic mass is 16.5. The van der Waals surface area contributed by atoms with Crippen molar-refractivity contribution < 1.29 is 23.9 Å². The zero-order valence-corrected chi connectivity index (χ0v) is 16.5. The Balaban J connectivity index is 2.00. The molecule has 0 aromatic heterocycles. The SMILES string of the molecule is COc1cccc(C(=O)COC(=O)[C@@H](NC(=O)c2cccc(C)c2)C(C)C)c1. The maximum atomic E-state index is 12.5. The number of carbonyl (C=O) groups excluding carboxylic acids is 3. The molecule has 2 aromatic carbocycles. The molecule has 2 aromatic rings. The van der Waals surface area contributed by atoms with Crippen LogP contribution in [-0.4, -0.2) is 37.4 Å². The third-order valence-electron chi connectivity index (χ3n) is 4.22. The molecule has 0 aliphatic carbocycles. The third-order valence-corrected chi connectivity index (χ3v) is 4.22. The van der Waals surface area contributed by atoms with Gasteiger partial charge in [-0.25, -0.2) is 4.79 Å². The summed E-state index contributed by atoms with van der Waals surface area (Å²) in [5, 5.41) is 2.70. The van der Waals surface area contributed by atoms with Crippen molar-refractivity contribution in [2.45, 2.75) is 26.8 Å². The summed E-state index contributed by atoms with van der Waals surface area (Å²) < 4.78 is 10.3. The summed E-state index contributed by atoms with van der Waals surface area (Å²) in [6.07, 6.45) is 0. The van der Waals surface area contributed by atoms with Crippen molar-refractivity contribution in [3.8, 4) is 5.75 Å². The van der Waals surface area contributed by atoms with Crippen LogP contribution >= 0.6 is 0 Å². The molecule has 1 N–H and O–H groups in total. The van der Waals surface area contributed by atoms with Crippen molar-refractivity contribution in [2.24, 2.45) is 5.92 Å². The molecule has 0 fully saturated rings. The number of esters is 1. The van der Waals surface area contributed by atoms with Crippen molar-refractivity contribution in [3.63, 3.8) is 0 Å². The molecule has 28 heavy (non-hydrogen) atoms. The molecule has 148 valence electrons. The van der Waals surface area contributed by atoms with Gasteiger partial charge in [0.25, 0.3) is 5.91 Å². The lowest BCUT2D eigenvalue weighted by Crippen LogP contribution is -2.45. The van der Waals surface area contributed by atoms with E-state index in [4.69, 9.17) is 9.47 Å². The highest BCUT2D eigenvalue weighted by molar-refractivity contribution is 5.99. The summed E-state index contributed by atoms with van der Waals surface area (Å²) in [7, 11) is 1.51. The molecule has 0 heterocycles. The zero-order chi connectivity index (χ0) is 20.7. The Kier molecular flexibility index (Phi) is 7.32. The number of rotatable bonds is 8. The molecule has 2 rings (SSSR count). The van der Waals surface area contributed by atoms with Crippen molar-refractivity contribution in [1.29, 1.82) is 0 Å². The number of nitrogens with one attached hydrogen (secondary N) is 1. The van der Waals surface area contributed by atoms with E-state index in [0.29, 0.717) is 16.9 Å². The van der Waals surface area contributed by atoms with E-state index in [1.54, 1.807) is 56.3 Å². The molecular formula is C22H25NO5. The average Bonchev–Trinajstić information content (AvgIpc) is 2.69. The maximum Gasteiger partial charge on any atom is 0.329 e. The third kappa shape index (κ3) is 5.67. The van der Waals surface area contributed by atoms with Gasteiger partial charge < -0.3 is 14.8 Å². The number of ether oxygens (including phenoxy) is 2. The van der Waals surface area contributed by atoms with Gasteiger partial charge in [-0.2, -0.15) is 0 Å². The topological polar surface area (TPSA) is 81.7 Å². The molecule has 0 unspecified atom stereocenters. The van der Waals surface area contributed by atoms with E-state index >= 15 is 0 Å². The Hall–Kier alpha value is -3.15. The van der Waals surface area contributed by atoms with Crippen LogP contribution in [-0.2, 0) is 9.53 Å². The first-order valence-electron chi connectivity index (χ1n) is 9.03. The molecule has 0 saturated heterocycles. The molecule has 0 bridgehead atoms. The van der Waals surface area contributed by atoms with Gasteiger partial charge in [-0.15, -0.1) is 0 Å². The summed E-state index contributed by atoms with van der Waals surface area (Å²) >= 11 is 0. The first-order valence-corrected chi connectivity index (χ1v) is 9.03. The second kappa shape index (κ2) is 9.69. The van der Waals surface area contributed by atoms with Crippen LogP contribution in [0.3, 0.4) is 0 Å². The minimum Gasteiger partial charge on any atom is -0.497 e. The van der Waals surface area contributed by atoms with Gasteiger partial charge in [-0.3, -0.25) is 9.59 Å².